The van der Waals surface area contributed by atoms with Crippen LogP contribution in [0.5, 0.6) is 0 Å². The Bertz CT molecular complexity index is 402. The zero-order valence-corrected chi connectivity index (χ0v) is 9.06. The molecule has 0 atom stereocenters. The van der Waals surface area contributed by atoms with E-state index in [0.717, 1.165) is 5.56 Å². The average Bonchev–Trinajstić information content (AvgIpc) is 2.30. The quantitative estimate of drug-likeness (QED) is 0.709. The van der Waals surface area contributed by atoms with Crippen LogP contribution in [0.3, 0.4) is 0 Å². The van der Waals surface area contributed by atoms with Crippen molar-refractivity contribution in [2.24, 2.45) is 5.92 Å². The van der Waals surface area contributed by atoms with Gasteiger partial charge in [0.25, 0.3) is 0 Å². The molecule has 0 bridgehead atoms. The molecule has 1 aromatic carbocycles. The number of allylic oxidation sites excluding steroid dienone is 1. The molecule has 1 aromatic rings. The molecule has 0 amide bonds. The molecule has 2 heteroatoms. The van der Waals surface area contributed by atoms with Crippen molar-refractivity contribution in [2.75, 3.05) is 0 Å². The van der Waals surface area contributed by atoms with Crippen molar-refractivity contribution < 1.29 is 9.59 Å². The van der Waals surface area contributed by atoms with Crippen LogP contribution in [0.1, 0.15) is 24.8 Å². The van der Waals surface area contributed by atoms with Gasteiger partial charge in [-0.3, -0.25) is 9.59 Å². The molecule has 0 heterocycles. The molecule has 0 saturated heterocycles. The van der Waals surface area contributed by atoms with Crippen LogP contribution in [0, 0.1) is 5.92 Å². The Labute approximate surface area is 95.0 Å². The third-order valence-electron chi connectivity index (χ3n) is 2.82. The Morgan fingerprint density at radius 3 is 2.25 bits per heavy atom. The highest BCUT2D eigenvalue weighted by Crippen LogP contribution is 2.19. The van der Waals surface area contributed by atoms with Gasteiger partial charge in [0.15, 0.2) is 0 Å². The van der Waals surface area contributed by atoms with Gasteiger partial charge in [0.1, 0.15) is 11.6 Å². The first-order valence-corrected chi connectivity index (χ1v) is 5.56. The van der Waals surface area contributed by atoms with Crippen LogP contribution in [-0.4, -0.2) is 11.6 Å². The van der Waals surface area contributed by atoms with Crippen molar-refractivity contribution in [3.63, 3.8) is 0 Å². The summed E-state index contributed by atoms with van der Waals surface area (Å²) in [6, 6.07) is 9.71. The van der Waals surface area contributed by atoms with Crippen LogP contribution in [0.15, 0.2) is 36.4 Å². The van der Waals surface area contributed by atoms with E-state index >= 15 is 0 Å². The van der Waals surface area contributed by atoms with E-state index in [1.807, 2.05) is 36.4 Å². The first kappa shape index (κ1) is 10.8. The summed E-state index contributed by atoms with van der Waals surface area (Å²) in [6.07, 6.45) is 5.38. The average molecular weight is 214 g/mol. The molecule has 82 valence electrons. The fourth-order valence-corrected chi connectivity index (χ4v) is 1.91. The molecule has 0 radical (unpaired) electrons. The smallest absolute Gasteiger partial charge is 0.147 e. The largest absolute Gasteiger partial charge is 0.299 e. The van der Waals surface area contributed by atoms with Gasteiger partial charge in [0, 0.05) is 12.8 Å². The standard InChI is InChI=1S/C14H14O2/c15-13-7-4-8-14(16)12(13)10-9-11-5-2-1-3-6-11/h1-3,5-6,9-10,12H,4,7-8H2/b10-9+. The molecule has 0 aromatic heterocycles. The molecular weight excluding hydrogens is 200 g/mol. The Morgan fingerprint density at radius 1 is 1.00 bits per heavy atom. The second-order valence-electron chi connectivity index (χ2n) is 4.03. The maximum atomic E-state index is 11.6. The number of carbonyl (C=O) groups excluding carboxylic acids is 2. The lowest BCUT2D eigenvalue weighted by molar-refractivity contribution is -0.133. The lowest BCUT2D eigenvalue weighted by Gasteiger charge is -2.15. The molecule has 1 saturated carbocycles. The summed E-state index contributed by atoms with van der Waals surface area (Å²) in [5.41, 5.74) is 1.02. The Balaban J connectivity index is 2.11. The van der Waals surface area contributed by atoms with Gasteiger partial charge in [0.2, 0.25) is 0 Å². The summed E-state index contributed by atoms with van der Waals surface area (Å²) in [5, 5.41) is 0. The van der Waals surface area contributed by atoms with E-state index in [9.17, 15) is 9.59 Å². The molecule has 1 aliphatic carbocycles. The second kappa shape index (κ2) is 4.88. The lowest BCUT2D eigenvalue weighted by atomic mass is 9.86. The third kappa shape index (κ3) is 2.45. The number of hydrogen-bond acceptors (Lipinski definition) is 2. The predicted molar refractivity (Wildman–Crippen MR) is 62.8 cm³/mol. The van der Waals surface area contributed by atoms with E-state index < -0.39 is 5.92 Å². The van der Waals surface area contributed by atoms with Crippen molar-refractivity contribution in [3.05, 3.63) is 42.0 Å². The third-order valence-corrected chi connectivity index (χ3v) is 2.82. The normalized spacial score (nSPS) is 18.2. The van der Waals surface area contributed by atoms with Gasteiger partial charge >= 0.3 is 0 Å². The molecule has 1 fully saturated rings. The topological polar surface area (TPSA) is 34.1 Å². The first-order chi connectivity index (χ1) is 7.77. The van der Waals surface area contributed by atoms with Gasteiger partial charge in [-0.05, 0) is 12.0 Å². The minimum Gasteiger partial charge on any atom is -0.299 e. The molecule has 2 nitrogen and oxygen atoms in total. The van der Waals surface area contributed by atoms with Crippen LogP contribution in [-0.2, 0) is 9.59 Å². The summed E-state index contributed by atoms with van der Waals surface area (Å²) >= 11 is 0. The van der Waals surface area contributed by atoms with Crippen molar-refractivity contribution in [2.45, 2.75) is 19.3 Å². The number of hydrogen-bond donors (Lipinski definition) is 0. The molecule has 0 N–H and O–H groups in total. The van der Waals surface area contributed by atoms with Gasteiger partial charge < -0.3 is 0 Å². The maximum Gasteiger partial charge on any atom is 0.147 e. The zero-order chi connectivity index (χ0) is 11.4. The molecular formula is C14H14O2. The van der Waals surface area contributed by atoms with Gasteiger partial charge in [-0.25, -0.2) is 0 Å². The highest BCUT2D eigenvalue weighted by molar-refractivity contribution is 6.06. The summed E-state index contributed by atoms with van der Waals surface area (Å²) in [6.45, 7) is 0. The Hall–Kier alpha value is -1.70. The summed E-state index contributed by atoms with van der Waals surface area (Å²) < 4.78 is 0. The minimum atomic E-state index is -0.506. The van der Waals surface area contributed by atoms with E-state index in [1.54, 1.807) is 6.08 Å². The molecule has 1 aliphatic rings. The summed E-state index contributed by atoms with van der Waals surface area (Å²) in [5.74, 6) is -0.388. The molecule has 0 aliphatic heterocycles. The Morgan fingerprint density at radius 2 is 1.62 bits per heavy atom. The molecule has 2 rings (SSSR count). The van der Waals surface area contributed by atoms with E-state index in [2.05, 4.69) is 0 Å². The second-order valence-corrected chi connectivity index (χ2v) is 4.03. The van der Waals surface area contributed by atoms with E-state index in [4.69, 9.17) is 0 Å². The highest BCUT2D eigenvalue weighted by Gasteiger charge is 2.27. The van der Waals surface area contributed by atoms with Gasteiger partial charge in [-0.15, -0.1) is 0 Å². The van der Waals surface area contributed by atoms with E-state index in [-0.39, 0.29) is 11.6 Å². The van der Waals surface area contributed by atoms with Crippen molar-refractivity contribution in [1.29, 1.82) is 0 Å². The maximum absolute atomic E-state index is 11.6. The SMILES string of the molecule is O=C1CCCC(=O)C1/C=C/c1ccccc1. The van der Waals surface area contributed by atoms with Crippen LogP contribution in [0.2, 0.25) is 0 Å². The van der Waals surface area contributed by atoms with E-state index in [0.29, 0.717) is 19.3 Å². The zero-order valence-electron chi connectivity index (χ0n) is 9.06. The minimum absolute atomic E-state index is 0.0587. The van der Waals surface area contributed by atoms with Crippen molar-refractivity contribution in [3.8, 4) is 0 Å². The lowest BCUT2D eigenvalue weighted by Crippen LogP contribution is -2.26. The number of Topliss-reactive ketones (excluding diaryl/α,β-unsaturated/α-hetero) is 2. The van der Waals surface area contributed by atoms with Crippen LogP contribution < -0.4 is 0 Å². The predicted octanol–water partition coefficient (Wildman–Crippen LogP) is 2.64. The number of rotatable bonds is 2. The van der Waals surface area contributed by atoms with Crippen molar-refractivity contribution >= 4 is 17.6 Å². The van der Waals surface area contributed by atoms with Crippen LogP contribution in [0.25, 0.3) is 6.08 Å². The van der Waals surface area contributed by atoms with Gasteiger partial charge in [0.05, 0.1) is 5.92 Å². The first-order valence-electron chi connectivity index (χ1n) is 5.56. The number of ketones is 2. The molecule has 16 heavy (non-hydrogen) atoms. The summed E-state index contributed by atoms with van der Waals surface area (Å²) in [7, 11) is 0. The number of carbonyl (C=O) groups is 2. The van der Waals surface area contributed by atoms with Crippen molar-refractivity contribution in [1.82, 2.24) is 0 Å². The van der Waals surface area contributed by atoms with Crippen LogP contribution >= 0.6 is 0 Å². The molecule has 0 unspecified atom stereocenters. The van der Waals surface area contributed by atoms with E-state index in [1.165, 1.54) is 0 Å². The van der Waals surface area contributed by atoms with Crippen LogP contribution in [0.4, 0.5) is 0 Å². The fourth-order valence-electron chi connectivity index (χ4n) is 1.91. The molecule has 0 spiro atoms. The fraction of sp³-hybridized carbons (Fsp3) is 0.286. The Kier molecular flexibility index (Phi) is 3.30. The summed E-state index contributed by atoms with van der Waals surface area (Å²) in [4.78, 5) is 23.1. The van der Waals surface area contributed by atoms with Gasteiger partial charge in [-0.1, -0.05) is 42.5 Å². The monoisotopic (exact) mass is 214 g/mol. The number of benzene rings is 1. The highest BCUT2D eigenvalue weighted by atomic mass is 16.2. The van der Waals surface area contributed by atoms with Gasteiger partial charge in [-0.2, -0.15) is 0 Å².